The van der Waals surface area contributed by atoms with E-state index in [-0.39, 0.29) is 0 Å². The molecule has 3 aliphatic rings. The van der Waals surface area contributed by atoms with Gasteiger partial charge in [-0.1, -0.05) is 60.9 Å². The zero-order valence-electron chi connectivity index (χ0n) is 12.8. The SMILES string of the molecule is OC1(c2ccccc2C2C=CC(Cl)=CC2)CC2CCCC1C2. The number of hydrogen-bond donors (Lipinski definition) is 1. The number of halogens is 1. The highest BCUT2D eigenvalue weighted by Crippen LogP contribution is 2.54. The molecule has 0 heterocycles. The van der Waals surface area contributed by atoms with E-state index in [9.17, 15) is 5.11 Å². The monoisotopic (exact) mass is 314 g/mol. The molecule has 1 nitrogen and oxygen atoms in total. The molecule has 4 unspecified atom stereocenters. The Hall–Kier alpha value is -1.05. The summed E-state index contributed by atoms with van der Waals surface area (Å²) in [7, 11) is 0. The Morgan fingerprint density at radius 3 is 2.82 bits per heavy atom. The number of hydrogen-bond acceptors (Lipinski definition) is 1. The standard InChI is InChI=1S/C20H23ClO/c21-17-10-8-15(9-11-17)18-6-1-2-7-19(18)20(22)13-14-4-3-5-16(20)12-14/h1-2,6-8,10-11,14-16,22H,3-5,9,12-13H2. The van der Waals surface area contributed by atoms with Crippen molar-refractivity contribution >= 4 is 11.6 Å². The van der Waals surface area contributed by atoms with Crippen LogP contribution in [-0.2, 0) is 5.60 Å². The van der Waals surface area contributed by atoms with Crippen LogP contribution in [0.4, 0.5) is 0 Å². The van der Waals surface area contributed by atoms with E-state index >= 15 is 0 Å². The summed E-state index contributed by atoms with van der Waals surface area (Å²) in [4.78, 5) is 0. The van der Waals surface area contributed by atoms with Gasteiger partial charge in [0.1, 0.15) is 0 Å². The topological polar surface area (TPSA) is 20.2 Å². The Morgan fingerprint density at radius 1 is 1.18 bits per heavy atom. The number of fused-ring (bicyclic) bond motifs is 2. The van der Waals surface area contributed by atoms with Crippen molar-refractivity contribution in [3.05, 3.63) is 58.7 Å². The Bertz CT molecular complexity index is 632. The molecule has 2 bridgehead atoms. The van der Waals surface area contributed by atoms with Crippen LogP contribution in [0.15, 0.2) is 47.5 Å². The van der Waals surface area contributed by atoms with Crippen molar-refractivity contribution < 1.29 is 5.11 Å². The molecule has 3 aliphatic carbocycles. The van der Waals surface area contributed by atoms with Gasteiger partial charge in [-0.25, -0.2) is 0 Å². The number of rotatable bonds is 2. The van der Waals surface area contributed by atoms with Crippen LogP contribution in [0.3, 0.4) is 0 Å². The molecule has 4 rings (SSSR count). The Balaban J connectivity index is 1.72. The van der Waals surface area contributed by atoms with E-state index < -0.39 is 5.60 Å². The summed E-state index contributed by atoms with van der Waals surface area (Å²) < 4.78 is 0. The van der Waals surface area contributed by atoms with Crippen molar-refractivity contribution in [3.8, 4) is 0 Å². The van der Waals surface area contributed by atoms with Gasteiger partial charge in [-0.15, -0.1) is 0 Å². The maximum Gasteiger partial charge on any atom is 0.0930 e. The normalized spacial score (nSPS) is 37.2. The van der Waals surface area contributed by atoms with Gasteiger partial charge in [0.15, 0.2) is 0 Å². The van der Waals surface area contributed by atoms with Crippen LogP contribution in [0.1, 0.15) is 55.6 Å². The van der Waals surface area contributed by atoms with Gasteiger partial charge in [0.25, 0.3) is 0 Å². The molecule has 0 spiro atoms. The van der Waals surface area contributed by atoms with Crippen molar-refractivity contribution in [1.82, 2.24) is 0 Å². The summed E-state index contributed by atoms with van der Waals surface area (Å²) in [6.07, 6.45) is 13.1. The van der Waals surface area contributed by atoms with Crippen LogP contribution in [0.25, 0.3) is 0 Å². The maximum atomic E-state index is 11.5. The van der Waals surface area contributed by atoms with Gasteiger partial charge < -0.3 is 5.11 Å². The highest BCUT2D eigenvalue weighted by molar-refractivity contribution is 6.31. The second kappa shape index (κ2) is 5.54. The fraction of sp³-hybridized carbons (Fsp3) is 0.500. The zero-order chi connectivity index (χ0) is 15.2. The van der Waals surface area contributed by atoms with Gasteiger partial charge in [-0.2, -0.15) is 0 Å². The quantitative estimate of drug-likeness (QED) is 0.790. The van der Waals surface area contributed by atoms with E-state index in [4.69, 9.17) is 11.6 Å². The van der Waals surface area contributed by atoms with E-state index in [1.165, 1.54) is 36.8 Å². The summed E-state index contributed by atoms with van der Waals surface area (Å²) in [5.41, 5.74) is 1.84. The highest BCUT2D eigenvalue weighted by atomic mass is 35.5. The molecule has 0 saturated heterocycles. The van der Waals surface area contributed by atoms with Gasteiger partial charge in [0.05, 0.1) is 5.60 Å². The average molecular weight is 315 g/mol. The van der Waals surface area contributed by atoms with Gasteiger partial charge in [-0.3, -0.25) is 0 Å². The van der Waals surface area contributed by atoms with E-state index in [1.54, 1.807) is 0 Å². The highest BCUT2D eigenvalue weighted by Gasteiger charge is 2.49. The van der Waals surface area contributed by atoms with E-state index in [2.05, 4.69) is 36.4 Å². The third-order valence-electron chi connectivity index (χ3n) is 5.94. The lowest BCUT2D eigenvalue weighted by atomic mass is 9.76. The molecule has 1 N–H and O–H groups in total. The fourth-order valence-corrected chi connectivity index (χ4v) is 5.05. The van der Waals surface area contributed by atoms with Gasteiger partial charge in [0.2, 0.25) is 0 Å². The molecule has 0 radical (unpaired) electrons. The Morgan fingerprint density at radius 2 is 2.05 bits per heavy atom. The molecule has 0 aliphatic heterocycles. The minimum Gasteiger partial charge on any atom is -0.385 e. The molecule has 2 fully saturated rings. The molecule has 116 valence electrons. The smallest absolute Gasteiger partial charge is 0.0930 e. The minimum atomic E-state index is -0.615. The molecule has 22 heavy (non-hydrogen) atoms. The molecule has 0 aromatic heterocycles. The Labute approximate surface area is 137 Å². The predicted octanol–water partition coefficient (Wildman–Crippen LogP) is 5.25. The van der Waals surface area contributed by atoms with Crippen LogP contribution < -0.4 is 0 Å². The predicted molar refractivity (Wildman–Crippen MR) is 90.8 cm³/mol. The van der Waals surface area contributed by atoms with Crippen molar-refractivity contribution in [2.45, 2.75) is 50.0 Å². The van der Waals surface area contributed by atoms with Gasteiger partial charge >= 0.3 is 0 Å². The third-order valence-corrected chi connectivity index (χ3v) is 6.22. The van der Waals surface area contributed by atoms with Crippen molar-refractivity contribution in [1.29, 1.82) is 0 Å². The summed E-state index contributed by atoms with van der Waals surface area (Å²) in [5, 5.41) is 12.4. The first kappa shape index (κ1) is 14.5. The molecule has 4 atom stereocenters. The lowest BCUT2D eigenvalue weighted by Gasteiger charge is -2.34. The molecular weight excluding hydrogens is 292 g/mol. The van der Waals surface area contributed by atoms with Gasteiger partial charge in [-0.05, 0) is 54.7 Å². The first-order valence-electron chi connectivity index (χ1n) is 8.52. The summed E-state index contributed by atoms with van der Waals surface area (Å²) in [6, 6.07) is 8.52. The molecule has 0 amide bonds. The number of benzene rings is 1. The van der Waals surface area contributed by atoms with Crippen molar-refractivity contribution in [3.63, 3.8) is 0 Å². The number of aliphatic hydroxyl groups is 1. The van der Waals surface area contributed by atoms with Crippen molar-refractivity contribution in [2.75, 3.05) is 0 Å². The Kier molecular flexibility index (Phi) is 3.66. The molecule has 2 saturated carbocycles. The molecule has 2 heteroatoms. The average Bonchev–Trinajstić information content (AvgIpc) is 2.78. The first-order chi connectivity index (χ1) is 10.7. The van der Waals surface area contributed by atoms with Crippen LogP contribution in [0.2, 0.25) is 0 Å². The molecule has 1 aromatic carbocycles. The van der Waals surface area contributed by atoms with Crippen LogP contribution in [0.5, 0.6) is 0 Å². The summed E-state index contributed by atoms with van der Waals surface area (Å²) in [5.74, 6) is 1.50. The van der Waals surface area contributed by atoms with Gasteiger partial charge in [0, 0.05) is 11.0 Å². The minimum absolute atomic E-state index is 0.336. The van der Waals surface area contributed by atoms with E-state index in [0.717, 1.165) is 17.9 Å². The lowest BCUT2D eigenvalue weighted by molar-refractivity contribution is -0.00511. The zero-order valence-corrected chi connectivity index (χ0v) is 13.6. The molecule has 1 aromatic rings. The van der Waals surface area contributed by atoms with Crippen molar-refractivity contribution in [2.24, 2.45) is 11.8 Å². The first-order valence-corrected chi connectivity index (χ1v) is 8.90. The van der Waals surface area contributed by atoms with Crippen LogP contribution in [0, 0.1) is 11.8 Å². The van der Waals surface area contributed by atoms with Crippen LogP contribution in [-0.4, -0.2) is 5.11 Å². The molecular formula is C20H23ClO. The lowest BCUT2D eigenvalue weighted by Crippen LogP contribution is -2.31. The fourth-order valence-electron chi connectivity index (χ4n) is 4.89. The second-order valence-electron chi connectivity index (χ2n) is 7.24. The number of allylic oxidation sites excluding steroid dienone is 4. The second-order valence-corrected chi connectivity index (χ2v) is 7.67. The summed E-state index contributed by atoms with van der Waals surface area (Å²) >= 11 is 6.06. The van der Waals surface area contributed by atoms with Crippen LogP contribution >= 0.6 is 11.6 Å². The third kappa shape index (κ3) is 2.35. The largest absolute Gasteiger partial charge is 0.385 e. The summed E-state index contributed by atoms with van der Waals surface area (Å²) in [6.45, 7) is 0. The van der Waals surface area contributed by atoms with E-state index in [0.29, 0.717) is 17.8 Å². The maximum absolute atomic E-state index is 11.5. The van der Waals surface area contributed by atoms with E-state index in [1.807, 2.05) is 6.08 Å².